The van der Waals surface area contributed by atoms with E-state index < -0.39 is 0 Å². The van der Waals surface area contributed by atoms with Crippen molar-refractivity contribution in [2.45, 2.75) is 64.3 Å². The molecule has 0 aromatic heterocycles. The number of benzene rings is 1. The number of fused-ring (bicyclic) bond motifs is 2. The predicted molar refractivity (Wildman–Crippen MR) is 128 cm³/mol. The smallest absolute Gasteiger partial charge is 0.0205 e. The second-order valence-electron chi connectivity index (χ2n) is 10.0. The summed E-state index contributed by atoms with van der Waals surface area (Å²) >= 11 is 0. The highest BCUT2D eigenvalue weighted by Gasteiger charge is 2.40. The van der Waals surface area contributed by atoms with Crippen LogP contribution in [0.15, 0.2) is 71.9 Å². The summed E-state index contributed by atoms with van der Waals surface area (Å²) in [5, 5.41) is 3.69. The molecule has 1 aromatic rings. The highest BCUT2D eigenvalue weighted by atomic mass is 14.9. The quantitative estimate of drug-likeness (QED) is 0.562. The van der Waals surface area contributed by atoms with Crippen molar-refractivity contribution in [1.29, 1.82) is 0 Å². The molecule has 0 amide bonds. The summed E-state index contributed by atoms with van der Waals surface area (Å²) in [7, 11) is 0. The summed E-state index contributed by atoms with van der Waals surface area (Å²) in [6, 6.07) is 7.26. The Morgan fingerprint density at radius 3 is 2.83 bits per heavy atom. The van der Waals surface area contributed by atoms with E-state index in [1.54, 1.807) is 22.3 Å². The van der Waals surface area contributed by atoms with Gasteiger partial charge in [-0.05, 0) is 78.2 Å². The van der Waals surface area contributed by atoms with Crippen LogP contribution in [0.1, 0.15) is 69.1 Å². The first-order chi connectivity index (χ1) is 14.6. The molecule has 4 aliphatic carbocycles. The van der Waals surface area contributed by atoms with E-state index in [4.69, 9.17) is 0 Å². The molecule has 0 radical (unpaired) electrons. The lowest BCUT2D eigenvalue weighted by molar-refractivity contribution is 0.495. The third-order valence-corrected chi connectivity index (χ3v) is 7.69. The molecule has 30 heavy (non-hydrogen) atoms. The first kappa shape index (κ1) is 19.8. The average Bonchev–Trinajstić information content (AvgIpc) is 3.01. The van der Waals surface area contributed by atoms with Crippen molar-refractivity contribution < 1.29 is 0 Å². The van der Waals surface area contributed by atoms with Crippen LogP contribution >= 0.6 is 0 Å². The van der Waals surface area contributed by atoms with Gasteiger partial charge in [-0.3, -0.25) is 0 Å². The highest BCUT2D eigenvalue weighted by Crippen LogP contribution is 2.54. The maximum Gasteiger partial charge on any atom is 0.0205 e. The third-order valence-electron chi connectivity index (χ3n) is 7.69. The molecule has 4 aliphatic rings. The van der Waals surface area contributed by atoms with Gasteiger partial charge in [0, 0.05) is 18.5 Å². The fourth-order valence-electron chi connectivity index (χ4n) is 5.92. The zero-order valence-electron chi connectivity index (χ0n) is 18.6. The van der Waals surface area contributed by atoms with E-state index in [1.807, 2.05) is 0 Å². The molecule has 1 unspecified atom stereocenters. The van der Waals surface area contributed by atoms with Gasteiger partial charge in [-0.2, -0.15) is 0 Å². The molecular weight excluding hydrogens is 362 g/mol. The SMILES string of the molecule is CC1(C)C2=C(CCC(C3=CCCC=C3)C2)c2ccc(CNC[C@H]3C=CC=CC3)cc21. The minimum absolute atomic E-state index is 0.162. The molecule has 2 atom stereocenters. The monoisotopic (exact) mass is 397 g/mol. The summed E-state index contributed by atoms with van der Waals surface area (Å²) in [5.41, 5.74) is 9.63. The number of nitrogens with one attached hydrogen (secondary N) is 1. The predicted octanol–water partition coefficient (Wildman–Crippen LogP) is 7.03. The molecule has 1 nitrogen and oxygen atoms in total. The fraction of sp³-hybridized carbons (Fsp3) is 0.448. The largest absolute Gasteiger partial charge is 0.312 e. The minimum atomic E-state index is 0.162. The Hall–Kier alpha value is -2.12. The standard InChI is InChI=1S/C29H35N/c1-29(2)27-17-22(20-30-19-21-9-5-3-6-10-21)13-15-25(27)26-16-14-24(18-28(26)29)23-11-7-4-8-12-23/h3,5-7,9,11-13,15,17,21,24,30H,4,8,10,14,16,18-20H2,1-2H3/t21-,24?/m0/s1. The lowest BCUT2D eigenvalue weighted by Crippen LogP contribution is -2.23. The topological polar surface area (TPSA) is 12.0 Å². The van der Waals surface area contributed by atoms with Crippen LogP contribution in [-0.4, -0.2) is 6.54 Å². The van der Waals surface area contributed by atoms with Crippen molar-refractivity contribution in [3.05, 3.63) is 88.6 Å². The lowest BCUT2D eigenvalue weighted by Gasteiger charge is -2.32. The van der Waals surface area contributed by atoms with Crippen LogP contribution in [0.3, 0.4) is 0 Å². The summed E-state index contributed by atoms with van der Waals surface area (Å²) in [6.07, 6.45) is 23.6. The van der Waals surface area contributed by atoms with Gasteiger partial charge in [-0.1, -0.05) is 80.2 Å². The van der Waals surface area contributed by atoms with Crippen molar-refractivity contribution >= 4 is 5.57 Å². The molecule has 0 bridgehead atoms. The van der Waals surface area contributed by atoms with E-state index in [2.05, 4.69) is 79.9 Å². The van der Waals surface area contributed by atoms with Crippen molar-refractivity contribution in [1.82, 2.24) is 5.32 Å². The van der Waals surface area contributed by atoms with E-state index in [1.165, 1.54) is 43.2 Å². The Balaban J connectivity index is 1.30. The third kappa shape index (κ3) is 3.69. The summed E-state index contributed by atoms with van der Waals surface area (Å²) in [4.78, 5) is 0. The maximum atomic E-state index is 3.69. The van der Waals surface area contributed by atoms with Gasteiger partial charge in [0.05, 0.1) is 0 Å². The molecule has 156 valence electrons. The van der Waals surface area contributed by atoms with Crippen LogP contribution in [0.2, 0.25) is 0 Å². The first-order valence-corrected chi connectivity index (χ1v) is 11.9. The normalized spacial score (nSPS) is 26.5. The zero-order chi connectivity index (χ0) is 20.6. The van der Waals surface area contributed by atoms with Gasteiger partial charge < -0.3 is 5.32 Å². The van der Waals surface area contributed by atoms with Crippen molar-refractivity contribution in [2.24, 2.45) is 11.8 Å². The summed E-state index contributed by atoms with van der Waals surface area (Å²) in [6.45, 7) is 6.93. The van der Waals surface area contributed by atoms with Gasteiger partial charge in [0.15, 0.2) is 0 Å². The highest BCUT2D eigenvalue weighted by molar-refractivity contribution is 5.81. The Labute approximate surface area is 182 Å². The molecule has 0 saturated carbocycles. The van der Waals surface area contributed by atoms with Crippen LogP contribution < -0.4 is 5.32 Å². The van der Waals surface area contributed by atoms with E-state index in [0.29, 0.717) is 11.8 Å². The molecular formula is C29H35N. The number of rotatable bonds is 5. The molecule has 1 aromatic carbocycles. The molecule has 0 heterocycles. The molecule has 0 aliphatic heterocycles. The second kappa shape index (κ2) is 8.19. The van der Waals surface area contributed by atoms with Gasteiger partial charge >= 0.3 is 0 Å². The van der Waals surface area contributed by atoms with Crippen molar-refractivity contribution in [2.75, 3.05) is 6.54 Å². The van der Waals surface area contributed by atoms with E-state index in [0.717, 1.165) is 19.5 Å². The van der Waals surface area contributed by atoms with Gasteiger partial charge in [0.25, 0.3) is 0 Å². The van der Waals surface area contributed by atoms with Gasteiger partial charge in [-0.15, -0.1) is 0 Å². The Morgan fingerprint density at radius 2 is 2.03 bits per heavy atom. The molecule has 1 heteroatoms. The molecule has 0 saturated heterocycles. The Bertz CT molecular complexity index is 966. The van der Waals surface area contributed by atoms with Gasteiger partial charge in [0.2, 0.25) is 0 Å². The van der Waals surface area contributed by atoms with Crippen LogP contribution in [0, 0.1) is 11.8 Å². The minimum Gasteiger partial charge on any atom is -0.312 e. The maximum absolute atomic E-state index is 3.69. The summed E-state index contributed by atoms with van der Waals surface area (Å²) in [5.74, 6) is 1.35. The lowest BCUT2D eigenvalue weighted by atomic mass is 9.72. The van der Waals surface area contributed by atoms with E-state index >= 15 is 0 Å². The zero-order valence-corrected chi connectivity index (χ0v) is 18.6. The van der Waals surface area contributed by atoms with Crippen molar-refractivity contribution in [3.63, 3.8) is 0 Å². The molecule has 1 N–H and O–H groups in total. The number of hydrogen-bond acceptors (Lipinski definition) is 1. The first-order valence-electron chi connectivity index (χ1n) is 11.9. The van der Waals surface area contributed by atoms with Crippen LogP contribution in [0.5, 0.6) is 0 Å². The van der Waals surface area contributed by atoms with Crippen LogP contribution in [0.25, 0.3) is 5.57 Å². The fourth-order valence-corrected chi connectivity index (χ4v) is 5.92. The van der Waals surface area contributed by atoms with Crippen LogP contribution in [0.4, 0.5) is 0 Å². The Kier molecular flexibility index (Phi) is 5.41. The second-order valence-corrected chi connectivity index (χ2v) is 10.0. The molecule has 5 rings (SSSR count). The number of allylic oxidation sites excluding steroid dienone is 9. The molecule has 0 fully saturated rings. The Morgan fingerprint density at radius 1 is 1.10 bits per heavy atom. The van der Waals surface area contributed by atoms with Crippen LogP contribution in [-0.2, 0) is 12.0 Å². The molecule has 0 spiro atoms. The van der Waals surface area contributed by atoms with E-state index in [9.17, 15) is 0 Å². The number of hydrogen-bond donors (Lipinski definition) is 1. The van der Waals surface area contributed by atoms with Crippen molar-refractivity contribution in [3.8, 4) is 0 Å². The average molecular weight is 398 g/mol. The van der Waals surface area contributed by atoms with Gasteiger partial charge in [-0.25, -0.2) is 0 Å². The van der Waals surface area contributed by atoms with Gasteiger partial charge in [0.1, 0.15) is 0 Å². The summed E-state index contributed by atoms with van der Waals surface area (Å²) < 4.78 is 0. The van der Waals surface area contributed by atoms with E-state index in [-0.39, 0.29) is 5.41 Å².